The zero-order valence-electron chi connectivity index (χ0n) is 17.7. The summed E-state index contributed by atoms with van der Waals surface area (Å²) in [5, 5.41) is 9.64. The second-order valence-corrected chi connectivity index (χ2v) is 9.62. The van der Waals surface area contributed by atoms with Gasteiger partial charge in [-0.2, -0.15) is 0 Å². The summed E-state index contributed by atoms with van der Waals surface area (Å²) >= 11 is 5.85. The Kier molecular flexibility index (Phi) is 7.50. The smallest absolute Gasteiger partial charge is 0.331 e. The largest absolute Gasteiger partial charge is 0.478 e. The molecule has 2 N–H and O–H groups in total. The highest BCUT2D eigenvalue weighted by atomic mass is 35.5. The molecule has 0 saturated carbocycles. The van der Waals surface area contributed by atoms with Crippen LogP contribution in [0.1, 0.15) is 36.1 Å². The Balaban J connectivity index is 1.83. The average molecular weight is 474 g/mol. The van der Waals surface area contributed by atoms with Crippen molar-refractivity contribution in [3.63, 3.8) is 0 Å². The second kappa shape index (κ2) is 10.1. The van der Waals surface area contributed by atoms with E-state index < -0.39 is 16.0 Å². The fourth-order valence-electron chi connectivity index (χ4n) is 3.37. The topological polar surface area (TPSA) is 101 Å². The average Bonchev–Trinajstić information content (AvgIpc) is 3.11. The first-order chi connectivity index (χ1) is 15.2. The van der Waals surface area contributed by atoms with Crippen LogP contribution in [0.15, 0.2) is 71.5 Å². The number of pyridine rings is 1. The van der Waals surface area contributed by atoms with Crippen LogP contribution in [0.25, 0.3) is 6.08 Å². The van der Waals surface area contributed by atoms with Gasteiger partial charge in [-0.3, -0.25) is 4.98 Å². The number of hydrogen-bond acceptors (Lipinski definition) is 4. The minimum Gasteiger partial charge on any atom is -0.478 e. The molecule has 1 atom stereocenters. The van der Waals surface area contributed by atoms with Crippen molar-refractivity contribution in [2.45, 2.75) is 24.2 Å². The van der Waals surface area contributed by atoms with Crippen molar-refractivity contribution in [2.24, 2.45) is 7.05 Å². The number of halogens is 1. The normalized spacial score (nSPS) is 13.2. The van der Waals surface area contributed by atoms with Crippen molar-refractivity contribution in [1.29, 1.82) is 0 Å². The SMILES string of the molecule is C/C(=C\c1cc(C(CCNS(=O)(=O)c2ccc(Cl)cc2)c2cccnc2)cn1C)C(=O)O. The standard InChI is InChI=1S/C23H24ClN3O4S/c1-16(23(28)29)12-20-13-18(15-27(20)2)22(17-4-3-10-25-14-17)9-11-26-32(30,31)21-7-5-19(24)6-8-21/h3-8,10,12-15,22,26H,9,11H2,1-2H3,(H,28,29)/b16-12+. The number of nitrogens with one attached hydrogen (secondary N) is 1. The Bertz CT molecular complexity index is 1220. The van der Waals surface area contributed by atoms with Gasteiger partial charge >= 0.3 is 5.97 Å². The summed E-state index contributed by atoms with van der Waals surface area (Å²) in [4.78, 5) is 15.5. The summed E-state index contributed by atoms with van der Waals surface area (Å²) < 4.78 is 29.7. The number of carboxylic acids is 1. The molecule has 0 saturated heterocycles. The maximum absolute atomic E-state index is 12.6. The van der Waals surface area contributed by atoms with Crippen molar-refractivity contribution >= 4 is 33.7 Å². The van der Waals surface area contributed by atoms with Crippen LogP contribution in [0.5, 0.6) is 0 Å². The third-order valence-corrected chi connectivity index (χ3v) is 6.83. The summed E-state index contributed by atoms with van der Waals surface area (Å²) in [6.45, 7) is 1.75. The summed E-state index contributed by atoms with van der Waals surface area (Å²) in [6, 6.07) is 11.7. The molecule has 2 heterocycles. The first kappa shape index (κ1) is 23.7. The molecule has 7 nitrogen and oxygen atoms in total. The van der Waals surface area contributed by atoms with E-state index in [1.807, 2.05) is 36.0 Å². The van der Waals surface area contributed by atoms with Gasteiger partial charge in [-0.25, -0.2) is 17.9 Å². The van der Waals surface area contributed by atoms with Crippen molar-refractivity contribution in [2.75, 3.05) is 6.54 Å². The van der Waals surface area contributed by atoms with Gasteiger partial charge in [0.15, 0.2) is 0 Å². The Morgan fingerprint density at radius 1 is 1.25 bits per heavy atom. The Labute approximate surface area is 192 Å². The number of sulfonamides is 1. The van der Waals surface area contributed by atoms with Gasteiger partial charge in [0.05, 0.1) is 4.90 Å². The lowest BCUT2D eigenvalue weighted by molar-refractivity contribution is -0.132. The Morgan fingerprint density at radius 3 is 2.59 bits per heavy atom. The van der Waals surface area contributed by atoms with E-state index in [0.717, 1.165) is 16.8 Å². The molecule has 1 unspecified atom stereocenters. The molecular formula is C23H24ClN3O4S. The minimum atomic E-state index is -3.67. The molecule has 0 aliphatic carbocycles. The highest BCUT2D eigenvalue weighted by Gasteiger charge is 2.20. The molecule has 1 aromatic carbocycles. The first-order valence-electron chi connectivity index (χ1n) is 9.90. The molecule has 0 radical (unpaired) electrons. The molecule has 0 aliphatic heterocycles. The number of hydrogen-bond donors (Lipinski definition) is 2. The number of benzene rings is 1. The molecule has 0 amide bonds. The Hall–Kier alpha value is -2.94. The summed E-state index contributed by atoms with van der Waals surface area (Å²) in [5.74, 6) is -1.11. The van der Waals surface area contributed by atoms with Crippen LogP contribution in [-0.4, -0.2) is 35.6 Å². The van der Waals surface area contributed by atoms with Crippen molar-refractivity contribution in [1.82, 2.24) is 14.3 Å². The highest BCUT2D eigenvalue weighted by molar-refractivity contribution is 7.89. The third-order valence-electron chi connectivity index (χ3n) is 5.10. The van der Waals surface area contributed by atoms with Crippen LogP contribution in [0.3, 0.4) is 0 Å². The van der Waals surface area contributed by atoms with Crippen LogP contribution in [0.2, 0.25) is 5.02 Å². The number of aliphatic carboxylic acids is 1. The van der Waals surface area contributed by atoms with E-state index in [1.54, 1.807) is 25.4 Å². The number of nitrogens with zero attached hydrogens (tertiary/aromatic N) is 2. The van der Waals surface area contributed by atoms with Crippen LogP contribution >= 0.6 is 11.6 Å². The molecule has 0 bridgehead atoms. The first-order valence-corrected chi connectivity index (χ1v) is 11.8. The molecule has 32 heavy (non-hydrogen) atoms. The number of carboxylic acid groups (broad SMARTS) is 1. The van der Waals surface area contributed by atoms with Crippen LogP contribution in [-0.2, 0) is 21.9 Å². The maximum atomic E-state index is 12.6. The number of carbonyl (C=O) groups is 1. The zero-order chi connectivity index (χ0) is 23.3. The lowest BCUT2D eigenvalue weighted by Crippen LogP contribution is -2.26. The van der Waals surface area contributed by atoms with Gasteiger partial charge < -0.3 is 9.67 Å². The predicted octanol–water partition coefficient (Wildman–Crippen LogP) is 4.06. The monoisotopic (exact) mass is 473 g/mol. The minimum absolute atomic E-state index is 0.130. The van der Waals surface area contributed by atoms with Gasteiger partial charge in [0, 0.05) is 54.4 Å². The summed E-state index contributed by atoms with van der Waals surface area (Å²) in [7, 11) is -1.83. The fourth-order valence-corrected chi connectivity index (χ4v) is 4.54. The third kappa shape index (κ3) is 5.85. The molecule has 0 fully saturated rings. The van der Waals surface area contributed by atoms with Gasteiger partial charge in [0.25, 0.3) is 0 Å². The van der Waals surface area contributed by atoms with Crippen LogP contribution < -0.4 is 4.72 Å². The number of aromatic nitrogens is 2. The predicted molar refractivity (Wildman–Crippen MR) is 124 cm³/mol. The number of rotatable bonds is 9. The van der Waals surface area contributed by atoms with E-state index in [0.29, 0.717) is 11.4 Å². The van der Waals surface area contributed by atoms with E-state index in [9.17, 15) is 18.3 Å². The van der Waals surface area contributed by atoms with Gasteiger partial charge in [-0.15, -0.1) is 0 Å². The molecule has 168 valence electrons. The molecule has 0 aliphatic rings. The number of aryl methyl sites for hydroxylation is 1. The lowest BCUT2D eigenvalue weighted by atomic mass is 9.91. The maximum Gasteiger partial charge on any atom is 0.331 e. The molecule has 0 spiro atoms. The lowest BCUT2D eigenvalue weighted by Gasteiger charge is -2.16. The molecule has 3 rings (SSSR count). The van der Waals surface area contributed by atoms with Crippen LogP contribution in [0, 0.1) is 0 Å². The second-order valence-electron chi connectivity index (χ2n) is 7.42. The summed E-state index contributed by atoms with van der Waals surface area (Å²) in [6.07, 6.45) is 7.45. The van der Waals surface area contributed by atoms with E-state index >= 15 is 0 Å². The van der Waals surface area contributed by atoms with Crippen molar-refractivity contribution in [3.8, 4) is 0 Å². The van der Waals surface area contributed by atoms with Gasteiger partial charge in [0.2, 0.25) is 10.0 Å². The van der Waals surface area contributed by atoms with E-state index in [1.165, 1.54) is 24.3 Å². The zero-order valence-corrected chi connectivity index (χ0v) is 19.3. The van der Waals surface area contributed by atoms with Crippen molar-refractivity contribution < 1.29 is 18.3 Å². The van der Waals surface area contributed by atoms with Crippen LogP contribution in [0.4, 0.5) is 0 Å². The van der Waals surface area contributed by atoms with E-state index in [-0.39, 0.29) is 22.9 Å². The molecule has 3 aromatic rings. The molecular weight excluding hydrogens is 450 g/mol. The molecule has 2 aromatic heterocycles. The van der Waals surface area contributed by atoms with E-state index in [2.05, 4.69) is 9.71 Å². The Morgan fingerprint density at radius 2 is 1.97 bits per heavy atom. The van der Waals surface area contributed by atoms with Gasteiger partial charge in [-0.1, -0.05) is 17.7 Å². The quantitative estimate of drug-likeness (QED) is 0.456. The fraction of sp³-hybridized carbons (Fsp3) is 0.217. The molecule has 9 heteroatoms. The highest BCUT2D eigenvalue weighted by Crippen LogP contribution is 2.29. The van der Waals surface area contributed by atoms with Crippen molar-refractivity contribution in [3.05, 3.63) is 88.5 Å². The summed E-state index contributed by atoms with van der Waals surface area (Å²) in [5.41, 5.74) is 2.85. The van der Waals surface area contributed by atoms with Gasteiger partial charge in [-0.05, 0) is 66.9 Å². The van der Waals surface area contributed by atoms with Gasteiger partial charge in [0.1, 0.15) is 0 Å². The van der Waals surface area contributed by atoms with E-state index in [4.69, 9.17) is 11.6 Å².